The minimum absolute atomic E-state index is 0.0114. The largest absolute Gasteiger partial charge is 0.373 e. The molecule has 0 bridgehead atoms. The van der Waals surface area contributed by atoms with E-state index in [9.17, 15) is 17.6 Å². The second-order valence-electron chi connectivity index (χ2n) is 5.55. The summed E-state index contributed by atoms with van der Waals surface area (Å²) in [6.07, 6.45) is 1.18. The number of fused-ring (bicyclic) bond motifs is 1. The molecule has 122 valence electrons. The van der Waals surface area contributed by atoms with Gasteiger partial charge in [-0.1, -0.05) is 6.92 Å². The summed E-state index contributed by atoms with van der Waals surface area (Å²) >= 11 is 0. The number of hydrogen-bond donors (Lipinski definition) is 0. The third-order valence-electron chi connectivity index (χ3n) is 3.67. The summed E-state index contributed by atoms with van der Waals surface area (Å²) in [7, 11) is -1.54. The van der Waals surface area contributed by atoms with E-state index in [1.807, 2.05) is 11.9 Å². The van der Waals surface area contributed by atoms with Gasteiger partial charge in [0.2, 0.25) is 5.91 Å². The second-order valence-corrected chi connectivity index (χ2v) is 7.73. The Morgan fingerprint density at radius 3 is 2.68 bits per heavy atom. The number of carbonyl (C=O) groups excluding carboxylic acids is 1. The maximum absolute atomic E-state index is 13.6. The topological polar surface area (TPSA) is 57.7 Å². The molecule has 1 aliphatic rings. The van der Waals surface area contributed by atoms with Crippen LogP contribution in [0, 0.1) is 5.82 Å². The minimum atomic E-state index is -3.42. The van der Waals surface area contributed by atoms with Gasteiger partial charge in [-0.15, -0.1) is 0 Å². The molecule has 0 aliphatic carbocycles. The lowest BCUT2D eigenvalue weighted by atomic mass is 10.2. The van der Waals surface area contributed by atoms with Crippen LogP contribution >= 0.6 is 0 Å². The van der Waals surface area contributed by atoms with Gasteiger partial charge in [0.25, 0.3) is 0 Å². The van der Waals surface area contributed by atoms with E-state index in [4.69, 9.17) is 0 Å². The monoisotopic (exact) mass is 328 g/mol. The zero-order valence-corrected chi connectivity index (χ0v) is 13.7. The highest BCUT2D eigenvalue weighted by molar-refractivity contribution is 7.92. The summed E-state index contributed by atoms with van der Waals surface area (Å²) in [6.45, 7) is 2.87. The van der Waals surface area contributed by atoms with Gasteiger partial charge in [-0.05, 0) is 31.0 Å². The van der Waals surface area contributed by atoms with Crippen molar-refractivity contribution < 1.29 is 17.6 Å². The summed E-state index contributed by atoms with van der Waals surface area (Å²) in [5.41, 5.74) is 1.18. The fraction of sp³-hybridized carbons (Fsp3) is 0.533. The van der Waals surface area contributed by atoms with Crippen LogP contribution in [0.25, 0.3) is 0 Å². The summed E-state index contributed by atoms with van der Waals surface area (Å²) in [4.78, 5) is 15.8. The van der Waals surface area contributed by atoms with Gasteiger partial charge >= 0.3 is 0 Å². The van der Waals surface area contributed by atoms with E-state index >= 15 is 0 Å². The predicted molar refractivity (Wildman–Crippen MR) is 85.6 cm³/mol. The molecule has 1 amide bonds. The van der Waals surface area contributed by atoms with E-state index < -0.39 is 27.3 Å². The van der Waals surface area contributed by atoms with Crippen molar-refractivity contribution in [2.75, 3.05) is 41.4 Å². The van der Waals surface area contributed by atoms with Crippen molar-refractivity contribution in [1.82, 2.24) is 0 Å². The molecule has 2 rings (SSSR count). The Kier molecular flexibility index (Phi) is 5.05. The van der Waals surface area contributed by atoms with E-state index in [1.165, 1.54) is 17.0 Å². The first-order chi connectivity index (χ1) is 10.3. The van der Waals surface area contributed by atoms with Gasteiger partial charge in [0, 0.05) is 20.1 Å². The lowest BCUT2D eigenvalue weighted by molar-refractivity contribution is -0.116. The maximum atomic E-state index is 13.6. The van der Waals surface area contributed by atoms with Gasteiger partial charge in [0.1, 0.15) is 11.6 Å². The first-order valence-corrected chi connectivity index (χ1v) is 9.17. The highest BCUT2D eigenvalue weighted by atomic mass is 32.2. The van der Waals surface area contributed by atoms with Crippen LogP contribution in [0.2, 0.25) is 0 Å². The van der Waals surface area contributed by atoms with E-state index in [0.29, 0.717) is 25.1 Å². The zero-order valence-electron chi connectivity index (χ0n) is 12.9. The summed E-state index contributed by atoms with van der Waals surface area (Å²) in [5, 5.41) is 0. The van der Waals surface area contributed by atoms with Crippen LogP contribution in [0.15, 0.2) is 18.2 Å². The molecule has 0 atom stereocenters. The van der Waals surface area contributed by atoms with Crippen LogP contribution in [0.1, 0.15) is 19.8 Å². The Hall–Kier alpha value is -1.63. The van der Waals surface area contributed by atoms with Gasteiger partial charge in [-0.2, -0.15) is 0 Å². The number of halogens is 1. The smallest absolute Gasteiger partial charge is 0.242 e. The van der Waals surface area contributed by atoms with Gasteiger partial charge in [-0.3, -0.25) is 4.79 Å². The molecule has 1 aliphatic heterocycles. The molecule has 0 aromatic heterocycles. The van der Waals surface area contributed by atoms with Crippen LogP contribution in [0.4, 0.5) is 15.8 Å². The van der Waals surface area contributed by atoms with Crippen molar-refractivity contribution in [2.24, 2.45) is 0 Å². The van der Waals surface area contributed by atoms with Gasteiger partial charge in [0.05, 0.1) is 17.1 Å². The summed E-state index contributed by atoms with van der Waals surface area (Å²) in [5.74, 6) is -1.47. The Balaban J connectivity index is 2.33. The highest BCUT2D eigenvalue weighted by Gasteiger charge is 2.27. The number of rotatable bonds is 4. The van der Waals surface area contributed by atoms with Crippen molar-refractivity contribution in [3.63, 3.8) is 0 Å². The standard InChI is InChI=1S/C15H21FN2O3S/c1-3-9-22(20,21)11-15(19)18-8-4-7-17(2)13-6-5-12(16)10-14(13)18/h5-6,10H,3-4,7-9,11H2,1-2H3. The molecular formula is C15H21FN2O3S. The van der Waals surface area contributed by atoms with Crippen molar-refractivity contribution in [1.29, 1.82) is 0 Å². The van der Waals surface area contributed by atoms with Crippen LogP contribution < -0.4 is 9.80 Å². The fourth-order valence-corrected chi connectivity index (χ4v) is 3.95. The molecule has 0 spiro atoms. The van der Waals surface area contributed by atoms with Gasteiger partial charge in [0.15, 0.2) is 9.84 Å². The van der Waals surface area contributed by atoms with E-state index in [-0.39, 0.29) is 5.75 Å². The molecule has 0 saturated carbocycles. The number of sulfone groups is 1. The molecule has 0 fully saturated rings. The predicted octanol–water partition coefficient (Wildman–Crippen LogP) is 1.82. The van der Waals surface area contributed by atoms with Crippen molar-refractivity contribution >= 4 is 27.1 Å². The van der Waals surface area contributed by atoms with E-state index in [2.05, 4.69) is 0 Å². The summed E-state index contributed by atoms with van der Waals surface area (Å²) < 4.78 is 37.3. The zero-order chi connectivity index (χ0) is 16.3. The molecular weight excluding hydrogens is 307 g/mol. The molecule has 22 heavy (non-hydrogen) atoms. The molecule has 1 heterocycles. The van der Waals surface area contributed by atoms with Crippen LogP contribution in [-0.2, 0) is 14.6 Å². The number of hydrogen-bond acceptors (Lipinski definition) is 4. The Morgan fingerprint density at radius 1 is 1.27 bits per heavy atom. The Morgan fingerprint density at radius 2 is 2.00 bits per heavy atom. The van der Waals surface area contributed by atoms with Crippen LogP contribution in [-0.4, -0.2) is 46.0 Å². The molecule has 7 heteroatoms. The van der Waals surface area contributed by atoms with E-state index in [1.54, 1.807) is 13.0 Å². The lowest BCUT2D eigenvalue weighted by Crippen LogP contribution is -2.37. The summed E-state index contributed by atoms with van der Waals surface area (Å²) in [6, 6.07) is 4.26. The maximum Gasteiger partial charge on any atom is 0.242 e. The van der Waals surface area contributed by atoms with E-state index in [0.717, 1.165) is 12.2 Å². The number of nitrogens with zero attached hydrogens (tertiary/aromatic N) is 2. The normalized spacial score (nSPS) is 15.4. The molecule has 0 radical (unpaired) electrons. The number of anilines is 2. The Labute approximate surface area is 130 Å². The average molecular weight is 328 g/mol. The lowest BCUT2D eigenvalue weighted by Gasteiger charge is -2.24. The molecule has 0 saturated heterocycles. The minimum Gasteiger partial charge on any atom is -0.373 e. The first kappa shape index (κ1) is 16.7. The third-order valence-corrected chi connectivity index (χ3v) is 5.39. The quantitative estimate of drug-likeness (QED) is 0.846. The second kappa shape index (κ2) is 6.64. The number of carbonyl (C=O) groups is 1. The number of benzene rings is 1. The fourth-order valence-electron chi connectivity index (χ4n) is 2.65. The molecule has 0 N–H and O–H groups in total. The Bertz CT molecular complexity index is 661. The van der Waals surface area contributed by atoms with Crippen LogP contribution in [0.3, 0.4) is 0 Å². The number of amides is 1. The van der Waals surface area contributed by atoms with Crippen molar-refractivity contribution in [3.05, 3.63) is 24.0 Å². The van der Waals surface area contributed by atoms with Gasteiger partial charge < -0.3 is 9.80 Å². The first-order valence-electron chi connectivity index (χ1n) is 7.35. The SMILES string of the molecule is CCCS(=O)(=O)CC(=O)N1CCCN(C)c2ccc(F)cc21. The molecule has 1 aromatic carbocycles. The third kappa shape index (κ3) is 3.76. The van der Waals surface area contributed by atoms with Crippen molar-refractivity contribution in [3.8, 4) is 0 Å². The molecule has 5 nitrogen and oxygen atoms in total. The van der Waals surface area contributed by atoms with Gasteiger partial charge in [-0.25, -0.2) is 12.8 Å². The van der Waals surface area contributed by atoms with Crippen LogP contribution in [0.5, 0.6) is 0 Å². The highest BCUT2D eigenvalue weighted by Crippen LogP contribution is 2.32. The van der Waals surface area contributed by atoms with Crippen molar-refractivity contribution in [2.45, 2.75) is 19.8 Å². The molecule has 1 aromatic rings. The molecule has 0 unspecified atom stereocenters. The average Bonchev–Trinajstić information content (AvgIpc) is 2.57.